The highest BCUT2D eigenvalue weighted by atomic mass is 32.1. The lowest BCUT2D eigenvalue weighted by Crippen LogP contribution is -1.93. The van der Waals surface area contributed by atoms with Crippen molar-refractivity contribution >= 4 is 23.2 Å². The lowest BCUT2D eigenvalue weighted by Gasteiger charge is -2.06. The van der Waals surface area contributed by atoms with Crippen LogP contribution in [-0.2, 0) is 12.8 Å². The molecule has 2 aromatic carbocycles. The zero-order valence-corrected chi connectivity index (χ0v) is 12.9. The van der Waals surface area contributed by atoms with Gasteiger partial charge in [-0.2, -0.15) is 0 Å². The van der Waals surface area contributed by atoms with Crippen LogP contribution in [-0.4, -0.2) is 4.86 Å². The summed E-state index contributed by atoms with van der Waals surface area (Å²) >= 11 is 5.44. The van der Waals surface area contributed by atoms with Crippen LogP contribution >= 0.6 is 12.2 Å². The SMILES string of the molecule is CCc1ccc(C=CC(=S)c2ccccc2)cc1CC. The van der Waals surface area contributed by atoms with Crippen molar-refractivity contribution in [3.05, 3.63) is 76.9 Å². The smallest absolute Gasteiger partial charge is 0.0449 e. The Kier molecular flexibility index (Phi) is 5.25. The van der Waals surface area contributed by atoms with Crippen LogP contribution in [0.4, 0.5) is 0 Å². The molecule has 0 heterocycles. The lowest BCUT2D eigenvalue weighted by atomic mass is 9.99. The second kappa shape index (κ2) is 7.16. The van der Waals surface area contributed by atoms with Crippen LogP contribution < -0.4 is 0 Å². The largest absolute Gasteiger partial charge is 0.0795 e. The van der Waals surface area contributed by atoms with Crippen molar-refractivity contribution in [3.8, 4) is 0 Å². The molecule has 2 aromatic rings. The maximum absolute atomic E-state index is 5.44. The van der Waals surface area contributed by atoms with E-state index in [1.54, 1.807) is 0 Å². The molecule has 0 unspecified atom stereocenters. The lowest BCUT2D eigenvalue weighted by molar-refractivity contribution is 1.04. The second-order valence-corrected chi connectivity index (χ2v) is 5.24. The predicted molar refractivity (Wildman–Crippen MR) is 92.4 cm³/mol. The molecule has 0 radical (unpaired) electrons. The van der Waals surface area contributed by atoms with Crippen LogP contribution in [0.1, 0.15) is 36.1 Å². The van der Waals surface area contributed by atoms with Gasteiger partial charge in [-0.1, -0.05) is 80.7 Å². The van der Waals surface area contributed by atoms with Crippen molar-refractivity contribution in [2.45, 2.75) is 26.7 Å². The Morgan fingerprint density at radius 3 is 2.30 bits per heavy atom. The summed E-state index contributed by atoms with van der Waals surface area (Å²) in [6.45, 7) is 4.41. The Morgan fingerprint density at radius 1 is 0.950 bits per heavy atom. The molecule has 2 rings (SSSR count). The molecule has 1 heteroatoms. The third-order valence-corrected chi connectivity index (χ3v) is 3.85. The van der Waals surface area contributed by atoms with Gasteiger partial charge in [0.25, 0.3) is 0 Å². The second-order valence-electron chi connectivity index (χ2n) is 4.80. The van der Waals surface area contributed by atoms with Crippen LogP contribution in [0.25, 0.3) is 6.08 Å². The molecule has 0 aliphatic heterocycles. The average molecular weight is 280 g/mol. The molecule has 0 aliphatic carbocycles. The molecule has 102 valence electrons. The Hall–Kier alpha value is -1.73. The quantitative estimate of drug-likeness (QED) is 0.410. The van der Waals surface area contributed by atoms with Gasteiger partial charge < -0.3 is 0 Å². The van der Waals surface area contributed by atoms with Gasteiger partial charge in [0.2, 0.25) is 0 Å². The van der Waals surface area contributed by atoms with Gasteiger partial charge in [0, 0.05) is 4.86 Å². The van der Waals surface area contributed by atoms with Crippen molar-refractivity contribution in [2.75, 3.05) is 0 Å². The molecular weight excluding hydrogens is 260 g/mol. The first-order valence-corrected chi connectivity index (χ1v) is 7.54. The molecule has 0 N–H and O–H groups in total. The highest BCUT2D eigenvalue weighted by molar-refractivity contribution is 7.81. The van der Waals surface area contributed by atoms with Crippen LogP contribution in [0.2, 0.25) is 0 Å². The summed E-state index contributed by atoms with van der Waals surface area (Å²) in [4.78, 5) is 0.878. The first-order valence-electron chi connectivity index (χ1n) is 7.13. The van der Waals surface area contributed by atoms with Crippen molar-refractivity contribution < 1.29 is 0 Å². The van der Waals surface area contributed by atoms with E-state index in [-0.39, 0.29) is 0 Å². The monoisotopic (exact) mass is 280 g/mol. The first kappa shape index (κ1) is 14.7. The van der Waals surface area contributed by atoms with Crippen LogP contribution in [0.15, 0.2) is 54.6 Å². The summed E-state index contributed by atoms with van der Waals surface area (Å²) in [5.74, 6) is 0. The number of hydrogen-bond acceptors (Lipinski definition) is 1. The zero-order valence-electron chi connectivity index (χ0n) is 12.1. The summed E-state index contributed by atoms with van der Waals surface area (Å²) in [5, 5.41) is 0. The number of thiocarbonyl (C=S) groups is 1. The van der Waals surface area contributed by atoms with Crippen molar-refractivity contribution in [1.29, 1.82) is 0 Å². The van der Waals surface area contributed by atoms with Gasteiger partial charge in [0.15, 0.2) is 0 Å². The summed E-state index contributed by atoms with van der Waals surface area (Å²) in [5.41, 5.74) is 5.19. The topological polar surface area (TPSA) is 0 Å². The minimum Gasteiger partial charge on any atom is -0.0795 e. The van der Waals surface area contributed by atoms with E-state index in [1.165, 1.54) is 16.7 Å². The molecule has 0 atom stereocenters. The normalized spacial score (nSPS) is 10.9. The van der Waals surface area contributed by atoms with Gasteiger partial charge >= 0.3 is 0 Å². The predicted octanol–water partition coefficient (Wildman–Crippen LogP) is 5.24. The fraction of sp³-hybridized carbons (Fsp3) is 0.211. The van der Waals surface area contributed by atoms with E-state index >= 15 is 0 Å². The Bertz CT molecular complexity index is 609. The number of aryl methyl sites for hydroxylation is 2. The standard InChI is InChI=1S/C19H20S/c1-3-16-12-10-15(14-17(16)4-2)11-13-19(20)18-8-6-5-7-9-18/h5-14H,3-4H2,1-2H3. The van der Waals surface area contributed by atoms with E-state index in [1.807, 2.05) is 36.4 Å². The van der Waals surface area contributed by atoms with Crippen molar-refractivity contribution in [2.24, 2.45) is 0 Å². The summed E-state index contributed by atoms with van der Waals surface area (Å²) in [6.07, 6.45) is 6.29. The zero-order chi connectivity index (χ0) is 14.4. The van der Waals surface area contributed by atoms with Gasteiger partial charge in [0.1, 0.15) is 0 Å². The van der Waals surface area contributed by atoms with Gasteiger partial charge in [-0.3, -0.25) is 0 Å². The fourth-order valence-electron chi connectivity index (χ4n) is 2.29. The Morgan fingerprint density at radius 2 is 1.65 bits per heavy atom. The number of benzene rings is 2. The van der Waals surface area contributed by atoms with E-state index in [0.29, 0.717) is 0 Å². The number of hydrogen-bond donors (Lipinski definition) is 0. The van der Waals surface area contributed by atoms with Crippen molar-refractivity contribution in [3.63, 3.8) is 0 Å². The van der Waals surface area contributed by atoms with Gasteiger partial charge in [-0.05, 0) is 41.2 Å². The molecule has 20 heavy (non-hydrogen) atoms. The third-order valence-electron chi connectivity index (χ3n) is 3.48. The molecule has 0 aromatic heterocycles. The summed E-state index contributed by atoms with van der Waals surface area (Å²) in [7, 11) is 0. The van der Waals surface area contributed by atoms with Crippen LogP contribution in [0, 0.1) is 0 Å². The molecule has 0 saturated heterocycles. The van der Waals surface area contributed by atoms with E-state index in [2.05, 4.69) is 38.1 Å². The van der Waals surface area contributed by atoms with E-state index in [4.69, 9.17) is 12.2 Å². The molecule has 0 saturated carbocycles. The average Bonchev–Trinajstić information content (AvgIpc) is 2.53. The molecule has 0 fully saturated rings. The molecule has 0 nitrogen and oxygen atoms in total. The minimum atomic E-state index is 0.878. The summed E-state index contributed by atoms with van der Waals surface area (Å²) < 4.78 is 0. The molecule has 0 aliphatic rings. The highest BCUT2D eigenvalue weighted by Gasteiger charge is 2.00. The number of allylic oxidation sites excluding steroid dienone is 1. The van der Waals surface area contributed by atoms with Gasteiger partial charge in [-0.15, -0.1) is 0 Å². The Labute approximate surface area is 127 Å². The number of rotatable bonds is 5. The summed E-state index contributed by atoms with van der Waals surface area (Å²) in [6, 6.07) is 16.8. The Balaban J connectivity index is 2.17. The maximum Gasteiger partial charge on any atom is 0.0449 e. The van der Waals surface area contributed by atoms with Crippen LogP contribution in [0.5, 0.6) is 0 Å². The minimum absolute atomic E-state index is 0.878. The highest BCUT2D eigenvalue weighted by Crippen LogP contribution is 2.15. The van der Waals surface area contributed by atoms with Crippen molar-refractivity contribution in [1.82, 2.24) is 0 Å². The van der Waals surface area contributed by atoms with E-state index < -0.39 is 0 Å². The molecule has 0 amide bonds. The van der Waals surface area contributed by atoms with Crippen LogP contribution in [0.3, 0.4) is 0 Å². The van der Waals surface area contributed by atoms with E-state index in [0.717, 1.165) is 23.3 Å². The van der Waals surface area contributed by atoms with E-state index in [9.17, 15) is 0 Å². The van der Waals surface area contributed by atoms with Gasteiger partial charge in [-0.25, -0.2) is 0 Å². The third kappa shape index (κ3) is 3.64. The molecule has 0 spiro atoms. The first-order chi connectivity index (χ1) is 9.74. The fourth-order valence-corrected chi connectivity index (χ4v) is 2.50. The van der Waals surface area contributed by atoms with Gasteiger partial charge in [0.05, 0.1) is 0 Å². The molecule has 0 bridgehead atoms. The molecular formula is C19H20S. The maximum atomic E-state index is 5.44.